The van der Waals surface area contributed by atoms with Gasteiger partial charge in [0.2, 0.25) is 0 Å². The van der Waals surface area contributed by atoms with Crippen molar-refractivity contribution in [2.45, 2.75) is 31.5 Å². The van der Waals surface area contributed by atoms with Crippen molar-refractivity contribution >= 4 is 17.6 Å². The van der Waals surface area contributed by atoms with Crippen LogP contribution in [0.5, 0.6) is 5.75 Å². The number of aromatic hydroxyl groups is 1. The standard InChI is InChI=1S/C19H22N4O3/c20-13-8-15(9-13)22-18(25)16-10-14(6-7-17(16)24)23-19(26)21-11-12-4-2-1-3-5-12/h1-7,10,13,15,24H,8-9,11,20H2,(H,22,25)(H2,21,23,26). The molecule has 2 aromatic carbocycles. The van der Waals surface area contributed by atoms with Crippen molar-refractivity contribution < 1.29 is 14.7 Å². The summed E-state index contributed by atoms with van der Waals surface area (Å²) in [4.78, 5) is 24.3. The molecule has 0 radical (unpaired) electrons. The number of benzene rings is 2. The molecule has 0 aliphatic heterocycles. The third kappa shape index (κ3) is 4.52. The molecule has 1 saturated carbocycles. The summed E-state index contributed by atoms with van der Waals surface area (Å²) in [6.07, 6.45) is 1.46. The van der Waals surface area contributed by atoms with E-state index in [0.717, 1.165) is 18.4 Å². The van der Waals surface area contributed by atoms with Crippen molar-refractivity contribution in [3.05, 3.63) is 59.7 Å². The summed E-state index contributed by atoms with van der Waals surface area (Å²) in [7, 11) is 0. The number of hydrogen-bond acceptors (Lipinski definition) is 4. The molecule has 136 valence electrons. The van der Waals surface area contributed by atoms with E-state index in [1.54, 1.807) is 0 Å². The van der Waals surface area contributed by atoms with Gasteiger partial charge in [-0.2, -0.15) is 0 Å². The molecule has 7 nitrogen and oxygen atoms in total. The Hall–Kier alpha value is -3.06. The summed E-state index contributed by atoms with van der Waals surface area (Å²) in [5, 5.41) is 18.2. The molecule has 0 unspecified atom stereocenters. The lowest BCUT2D eigenvalue weighted by Crippen LogP contribution is -2.50. The first-order valence-corrected chi connectivity index (χ1v) is 8.49. The van der Waals surface area contributed by atoms with Gasteiger partial charge in [0.05, 0.1) is 5.56 Å². The smallest absolute Gasteiger partial charge is 0.319 e. The molecule has 0 bridgehead atoms. The minimum Gasteiger partial charge on any atom is -0.507 e. The SMILES string of the molecule is NC1CC(NC(=O)c2cc(NC(=O)NCc3ccccc3)ccc2O)C1. The fourth-order valence-electron chi connectivity index (χ4n) is 2.79. The van der Waals surface area contributed by atoms with Gasteiger partial charge in [-0.3, -0.25) is 4.79 Å². The highest BCUT2D eigenvalue weighted by atomic mass is 16.3. The van der Waals surface area contributed by atoms with Crippen molar-refractivity contribution in [1.82, 2.24) is 10.6 Å². The van der Waals surface area contributed by atoms with Crippen LogP contribution in [-0.4, -0.2) is 29.1 Å². The van der Waals surface area contributed by atoms with Crippen molar-refractivity contribution in [3.8, 4) is 5.75 Å². The molecule has 0 heterocycles. The zero-order valence-corrected chi connectivity index (χ0v) is 14.2. The molecule has 0 saturated heterocycles. The molecule has 2 aromatic rings. The average molecular weight is 354 g/mol. The normalized spacial score (nSPS) is 18.5. The number of urea groups is 1. The topological polar surface area (TPSA) is 116 Å². The zero-order valence-electron chi connectivity index (χ0n) is 14.2. The number of hydrogen-bond donors (Lipinski definition) is 5. The molecule has 1 aliphatic rings. The minimum atomic E-state index is -0.393. The first kappa shape index (κ1) is 17.8. The number of carbonyl (C=O) groups is 2. The molecular formula is C19H22N4O3. The average Bonchev–Trinajstić information content (AvgIpc) is 2.61. The Balaban J connectivity index is 1.57. The van der Waals surface area contributed by atoms with Gasteiger partial charge in [0.1, 0.15) is 5.75 Å². The maximum absolute atomic E-state index is 12.3. The van der Waals surface area contributed by atoms with Gasteiger partial charge in [-0.05, 0) is 36.6 Å². The highest BCUT2D eigenvalue weighted by Crippen LogP contribution is 2.23. The second kappa shape index (κ2) is 7.88. The lowest BCUT2D eigenvalue weighted by molar-refractivity contribution is 0.0907. The van der Waals surface area contributed by atoms with Crippen LogP contribution in [0.25, 0.3) is 0 Å². The molecule has 1 aliphatic carbocycles. The van der Waals surface area contributed by atoms with Crippen molar-refractivity contribution in [1.29, 1.82) is 0 Å². The molecule has 0 spiro atoms. The van der Waals surface area contributed by atoms with Crippen LogP contribution in [-0.2, 0) is 6.54 Å². The van der Waals surface area contributed by atoms with Crippen LogP contribution in [0.15, 0.2) is 48.5 Å². The molecule has 3 amide bonds. The van der Waals surface area contributed by atoms with E-state index in [1.165, 1.54) is 18.2 Å². The minimum absolute atomic E-state index is 0.0303. The number of nitrogens with two attached hydrogens (primary N) is 1. The molecule has 0 aromatic heterocycles. The lowest BCUT2D eigenvalue weighted by Gasteiger charge is -2.33. The monoisotopic (exact) mass is 354 g/mol. The third-order valence-electron chi connectivity index (χ3n) is 4.30. The van der Waals surface area contributed by atoms with Crippen LogP contribution < -0.4 is 21.7 Å². The largest absolute Gasteiger partial charge is 0.507 e. The van der Waals surface area contributed by atoms with Crippen LogP contribution in [0.3, 0.4) is 0 Å². The van der Waals surface area contributed by atoms with Gasteiger partial charge in [0.25, 0.3) is 5.91 Å². The van der Waals surface area contributed by atoms with E-state index in [-0.39, 0.29) is 29.3 Å². The van der Waals surface area contributed by atoms with Crippen LogP contribution in [0, 0.1) is 0 Å². The Morgan fingerprint density at radius 3 is 2.54 bits per heavy atom. The van der Waals surface area contributed by atoms with E-state index >= 15 is 0 Å². The number of phenols is 1. The molecule has 1 fully saturated rings. The van der Waals surface area contributed by atoms with Gasteiger partial charge in [0.15, 0.2) is 0 Å². The van der Waals surface area contributed by atoms with Gasteiger partial charge < -0.3 is 26.8 Å². The number of nitrogens with one attached hydrogen (secondary N) is 3. The Kier molecular flexibility index (Phi) is 5.38. The number of anilines is 1. The first-order valence-electron chi connectivity index (χ1n) is 8.49. The molecule has 6 N–H and O–H groups in total. The van der Waals surface area contributed by atoms with Crippen LogP contribution in [0.4, 0.5) is 10.5 Å². The molecular weight excluding hydrogens is 332 g/mol. The first-order chi connectivity index (χ1) is 12.5. The van der Waals surface area contributed by atoms with E-state index in [9.17, 15) is 14.7 Å². The highest BCUT2D eigenvalue weighted by molar-refractivity contribution is 5.99. The van der Waals surface area contributed by atoms with E-state index in [1.807, 2.05) is 30.3 Å². The van der Waals surface area contributed by atoms with E-state index in [2.05, 4.69) is 16.0 Å². The summed E-state index contributed by atoms with van der Waals surface area (Å²) < 4.78 is 0. The molecule has 3 rings (SSSR count). The zero-order chi connectivity index (χ0) is 18.5. The van der Waals surface area contributed by atoms with Gasteiger partial charge >= 0.3 is 6.03 Å². The number of amides is 3. The second-order valence-corrected chi connectivity index (χ2v) is 6.43. The van der Waals surface area contributed by atoms with Crippen molar-refractivity contribution in [2.24, 2.45) is 5.73 Å². The Bertz CT molecular complexity index is 789. The summed E-state index contributed by atoms with van der Waals surface area (Å²) in [6.45, 7) is 0.389. The summed E-state index contributed by atoms with van der Waals surface area (Å²) >= 11 is 0. The van der Waals surface area contributed by atoms with E-state index in [0.29, 0.717) is 12.2 Å². The maximum Gasteiger partial charge on any atom is 0.319 e. The quantitative estimate of drug-likeness (QED) is 0.528. The fraction of sp³-hybridized carbons (Fsp3) is 0.263. The van der Waals surface area contributed by atoms with Gasteiger partial charge in [-0.1, -0.05) is 30.3 Å². The number of rotatable bonds is 5. The van der Waals surface area contributed by atoms with Gasteiger partial charge in [-0.25, -0.2) is 4.79 Å². The van der Waals surface area contributed by atoms with Gasteiger partial charge in [-0.15, -0.1) is 0 Å². The third-order valence-corrected chi connectivity index (χ3v) is 4.30. The number of carbonyl (C=O) groups excluding carboxylic acids is 2. The molecule has 26 heavy (non-hydrogen) atoms. The second-order valence-electron chi connectivity index (χ2n) is 6.43. The van der Waals surface area contributed by atoms with Crippen molar-refractivity contribution in [3.63, 3.8) is 0 Å². The predicted octanol–water partition coefficient (Wildman–Crippen LogP) is 1.93. The summed E-state index contributed by atoms with van der Waals surface area (Å²) in [5.41, 5.74) is 7.22. The Morgan fingerprint density at radius 1 is 1.12 bits per heavy atom. The summed E-state index contributed by atoms with van der Waals surface area (Å²) in [6, 6.07) is 13.7. The van der Waals surface area contributed by atoms with Crippen LogP contribution in [0.2, 0.25) is 0 Å². The number of phenolic OH excluding ortho intramolecular Hbond substituents is 1. The lowest BCUT2D eigenvalue weighted by atomic mass is 9.87. The van der Waals surface area contributed by atoms with Crippen LogP contribution >= 0.6 is 0 Å². The van der Waals surface area contributed by atoms with E-state index < -0.39 is 6.03 Å². The Labute approximate surface area is 151 Å². The van der Waals surface area contributed by atoms with Gasteiger partial charge in [0, 0.05) is 24.3 Å². The molecule has 7 heteroatoms. The maximum atomic E-state index is 12.3. The molecule has 0 atom stereocenters. The summed E-state index contributed by atoms with van der Waals surface area (Å²) in [5.74, 6) is -0.519. The fourth-order valence-corrected chi connectivity index (χ4v) is 2.79. The van der Waals surface area contributed by atoms with Crippen LogP contribution in [0.1, 0.15) is 28.8 Å². The van der Waals surface area contributed by atoms with E-state index in [4.69, 9.17) is 5.73 Å². The predicted molar refractivity (Wildman–Crippen MR) is 98.9 cm³/mol. The van der Waals surface area contributed by atoms with Crippen molar-refractivity contribution in [2.75, 3.05) is 5.32 Å². The Morgan fingerprint density at radius 2 is 1.85 bits per heavy atom. The highest BCUT2D eigenvalue weighted by Gasteiger charge is 2.28.